The Morgan fingerprint density at radius 2 is 2.00 bits per heavy atom. The molecule has 0 radical (unpaired) electrons. The number of benzene rings is 1. The number of ketones is 1. The lowest BCUT2D eigenvalue weighted by molar-refractivity contribution is 0.102. The highest BCUT2D eigenvalue weighted by Crippen LogP contribution is 2.15. The Balaban J connectivity index is 2.49. The predicted octanol–water partition coefficient (Wildman–Crippen LogP) is 3.46. The van der Waals surface area contributed by atoms with Crippen molar-refractivity contribution in [3.63, 3.8) is 0 Å². The fourth-order valence-electron chi connectivity index (χ4n) is 1.50. The van der Waals surface area contributed by atoms with Crippen molar-refractivity contribution in [3.05, 3.63) is 34.9 Å². The Bertz CT molecular complexity index is 404. The maximum atomic E-state index is 11.8. The Morgan fingerprint density at radius 3 is 2.65 bits per heavy atom. The second-order valence-electron chi connectivity index (χ2n) is 3.90. The van der Waals surface area contributed by atoms with Crippen molar-refractivity contribution in [1.82, 2.24) is 0 Å². The van der Waals surface area contributed by atoms with Crippen LogP contribution in [0.25, 0.3) is 0 Å². The van der Waals surface area contributed by atoms with E-state index in [0.29, 0.717) is 16.3 Å². The maximum Gasteiger partial charge on any atom is 0.176 e. The van der Waals surface area contributed by atoms with Gasteiger partial charge in [0.1, 0.15) is 0 Å². The summed E-state index contributed by atoms with van der Waals surface area (Å²) in [7, 11) is -1.07. The molecule has 1 aromatic rings. The Kier molecular flexibility index (Phi) is 6.45. The highest BCUT2D eigenvalue weighted by Gasteiger charge is 2.12. The van der Waals surface area contributed by atoms with E-state index < -0.39 is 10.8 Å². The smallest absolute Gasteiger partial charge is 0.176 e. The summed E-state index contributed by atoms with van der Waals surface area (Å²) in [4.78, 5) is 11.8. The molecule has 17 heavy (non-hydrogen) atoms. The molecule has 0 N–H and O–H groups in total. The van der Waals surface area contributed by atoms with Crippen molar-refractivity contribution in [1.29, 1.82) is 0 Å². The molecule has 2 nitrogen and oxygen atoms in total. The number of carbonyl (C=O) groups is 1. The molecule has 1 rings (SSSR count). The van der Waals surface area contributed by atoms with Gasteiger partial charge in [0.2, 0.25) is 0 Å². The average molecular weight is 273 g/mol. The largest absolute Gasteiger partial charge is 0.293 e. The predicted molar refractivity (Wildman–Crippen MR) is 73.2 cm³/mol. The van der Waals surface area contributed by atoms with Crippen molar-refractivity contribution in [2.24, 2.45) is 0 Å². The van der Waals surface area contributed by atoms with Gasteiger partial charge in [-0.15, -0.1) is 0 Å². The number of unbranched alkanes of at least 4 members (excludes halogenated alkanes) is 2. The van der Waals surface area contributed by atoms with Crippen LogP contribution in [0.1, 0.15) is 36.5 Å². The second-order valence-corrected chi connectivity index (χ2v) is 5.88. The molecule has 1 unspecified atom stereocenters. The number of rotatable bonds is 7. The minimum absolute atomic E-state index is 0.0768. The molecule has 1 aromatic carbocycles. The van der Waals surface area contributed by atoms with E-state index in [1.807, 2.05) is 0 Å². The van der Waals surface area contributed by atoms with E-state index in [1.165, 1.54) is 0 Å². The normalized spacial score (nSPS) is 12.4. The average Bonchev–Trinajstić information content (AvgIpc) is 2.29. The van der Waals surface area contributed by atoms with Gasteiger partial charge in [0.05, 0.1) is 10.8 Å². The molecule has 0 aliphatic rings. The number of hydrogen-bond acceptors (Lipinski definition) is 2. The van der Waals surface area contributed by atoms with Crippen LogP contribution >= 0.6 is 11.6 Å². The van der Waals surface area contributed by atoms with Crippen LogP contribution in [0, 0.1) is 0 Å². The maximum absolute atomic E-state index is 11.8. The first-order valence-electron chi connectivity index (χ1n) is 5.78. The van der Waals surface area contributed by atoms with E-state index >= 15 is 0 Å². The number of hydrogen-bond donors (Lipinski definition) is 0. The van der Waals surface area contributed by atoms with Gasteiger partial charge in [0.25, 0.3) is 0 Å². The van der Waals surface area contributed by atoms with Crippen molar-refractivity contribution >= 4 is 28.2 Å². The standard InChI is InChI=1S/C13H17ClO2S/c1-2-3-6-9-17(16)10-13(15)11-7-4-5-8-12(11)14/h4-5,7-8H,2-3,6,9-10H2,1H3. The fourth-order valence-corrected chi connectivity index (χ4v) is 2.86. The van der Waals surface area contributed by atoms with Crippen molar-refractivity contribution in [3.8, 4) is 0 Å². The molecular formula is C13H17ClO2S. The summed E-state index contributed by atoms with van der Waals surface area (Å²) in [6, 6.07) is 6.89. The van der Waals surface area contributed by atoms with E-state index in [-0.39, 0.29) is 11.5 Å². The van der Waals surface area contributed by atoms with Gasteiger partial charge in [-0.1, -0.05) is 43.5 Å². The topological polar surface area (TPSA) is 34.1 Å². The zero-order valence-electron chi connectivity index (χ0n) is 9.95. The molecule has 0 fully saturated rings. The first-order valence-corrected chi connectivity index (χ1v) is 7.64. The summed E-state index contributed by atoms with van der Waals surface area (Å²) in [5, 5.41) is 0.433. The van der Waals surface area contributed by atoms with Gasteiger partial charge >= 0.3 is 0 Å². The van der Waals surface area contributed by atoms with Gasteiger partial charge < -0.3 is 0 Å². The minimum Gasteiger partial charge on any atom is -0.293 e. The first kappa shape index (κ1) is 14.4. The van der Waals surface area contributed by atoms with Crippen LogP contribution in [-0.2, 0) is 10.8 Å². The third-order valence-electron chi connectivity index (χ3n) is 2.44. The van der Waals surface area contributed by atoms with E-state index in [9.17, 15) is 9.00 Å². The number of carbonyl (C=O) groups excluding carboxylic acids is 1. The quantitative estimate of drug-likeness (QED) is 0.563. The summed E-state index contributed by atoms with van der Waals surface area (Å²) < 4.78 is 11.7. The molecule has 0 aromatic heterocycles. The lowest BCUT2D eigenvalue weighted by Gasteiger charge is -2.03. The summed E-state index contributed by atoms with van der Waals surface area (Å²) in [6.45, 7) is 2.10. The van der Waals surface area contributed by atoms with Crippen LogP contribution in [0.5, 0.6) is 0 Å². The fraction of sp³-hybridized carbons (Fsp3) is 0.462. The van der Waals surface area contributed by atoms with Crippen LogP contribution in [0.3, 0.4) is 0 Å². The zero-order valence-corrected chi connectivity index (χ0v) is 11.5. The molecule has 0 spiro atoms. The zero-order chi connectivity index (χ0) is 12.7. The van der Waals surface area contributed by atoms with Crippen LogP contribution in [-0.4, -0.2) is 21.5 Å². The number of Topliss-reactive ketones (excluding diaryl/α,β-unsaturated/α-hetero) is 1. The molecule has 4 heteroatoms. The highest BCUT2D eigenvalue weighted by molar-refractivity contribution is 7.85. The monoisotopic (exact) mass is 272 g/mol. The first-order chi connectivity index (χ1) is 8.15. The van der Waals surface area contributed by atoms with Crippen molar-refractivity contribution in [2.75, 3.05) is 11.5 Å². The van der Waals surface area contributed by atoms with Crippen molar-refractivity contribution in [2.45, 2.75) is 26.2 Å². The molecule has 0 saturated heterocycles. The summed E-state index contributed by atoms with van der Waals surface area (Å²) in [6.07, 6.45) is 3.07. The van der Waals surface area contributed by atoms with Crippen LogP contribution in [0.2, 0.25) is 5.02 Å². The van der Waals surface area contributed by atoms with E-state index in [0.717, 1.165) is 19.3 Å². The van der Waals surface area contributed by atoms with Crippen LogP contribution in [0.15, 0.2) is 24.3 Å². The van der Waals surface area contributed by atoms with Crippen molar-refractivity contribution < 1.29 is 9.00 Å². The highest BCUT2D eigenvalue weighted by atomic mass is 35.5. The minimum atomic E-state index is -1.07. The lowest BCUT2D eigenvalue weighted by Crippen LogP contribution is -2.13. The Hall–Kier alpha value is -0.670. The summed E-state index contributed by atoms with van der Waals surface area (Å²) >= 11 is 5.91. The third-order valence-corrected chi connectivity index (χ3v) is 4.10. The molecule has 0 heterocycles. The van der Waals surface area contributed by atoms with Gasteiger partial charge in [-0.3, -0.25) is 9.00 Å². The SMILES string of the molecule is CCCCCS(=O)CC(=O)c1ccccc1Cl. The lowest BCUT2D eigenvalue weighted by atomic mass is 10.1. The molecule has 0 amide bonds. The summed E-state index contributed by atoms with van der Waals surface area (Å²) in [5.41, 5.74) is 0.470. The van der Waals surface area contributed by atoms with E-state index in [4.69, 9.17) is 11.6 Å². The van der Waals surface area contributed by atoms with E-state index in [2.05, 4.69) is 6.92 Å². The summed E-state index contributed by atoms with van der Waals surface area (Å²) in [5.74, 6) is 0.544. The Morgan fingerprint density at radius 1 is 1.29 bits per heavy atom. The molecule has 0 saturated carbocycles. The number of halogens is 1. The third kappa shape index (κ3) is 5.00. The van der Waals surface area contributed by atoms with Crippen LogP contribution < -0.4 is 0 Å². The van der Waals surface area contributed by atoms with Gasteiger partial charge in [0.15, 0.2) is 5.78 Å². The van der Waals surface area contributed by atoms with Gasteiger partial charge in [-0.25, -0.2) is 0 Å². The van der Waals surface area contributed by atoms with Crippen LogP contribution in [0.4, 0.5) is 0 Å². The molecule has 0 aliphatic carbocycles. The molecule has 94 valence electrons. The van der Waals surface area contributed by atoms with Gasteiger partial charge in [-0.05, 0) is 18.6 Å². The van der Waals surface area contributed by atoms with Gasteiger partial charge in [-0.2, -0.15) is 0 Å². The molecule has 0 bridgehead atoms. The molecular weight excluding hydrogens is 256 g/mol. The van der Waals surface area contributed by atoms with Gasteiger partial charge in [0, 0.05) is 22.1 Å². The second kappa shape index (κ2) is 7.62. The van der Waals surface area contributed by atoms with E-state index in [1.54, 1.807) is 24.3 Å². The molecule has 0 aliphatic heterocycles. The molecule has 1 atom stereocenters. The Labute approximate surface area is 110 Å².